The maximum atomic E-state index is 14.8. The van der Waals surface area contributed by atoms with Crippen LogP contribution in [0.15, 0.2) is 91.0 Å². The van der Waals surface area contributed by atoms with Crippen LogP contribution in [-0.4, -0.2) is 173 Å². The monoisotopic (exact) mass is 1130 g/mol. The first kappa shape index (κ1) is 63.0. The number of aliphatic hydroxyl groups excluding tert-OH is 1. The number of ether oxygens (including phenoxy) is 1. The average molecular weight is 1140 g/mol. The van der Waals surface area contributed by atoms with Crippen LogP contribution in [0.4, 0.5) is 0 Å². The van der Waals surface area contributed by atoms with Crippen molar-refractivity contribution < 1.29 is 58.4 Å². The number of phenols is 2. The standard InChI is InChI=1S/C58H78N12O12/c1-35(2)28-45(53(77)64-43(12-6-22-62-58(60)61)57(81)70-23-7-13-49(70)50(74)32-51(59)75)65-54(78)46(29-36-14-18-40(72)19-15-36)66-55(79)47(30-37-16-20-41(73)21-17-37)67-56(80)48(33-71)68-52(76)44(63-34-69-24-26-82-27-25-69)31-39-10-5-9-38-8-3-4-11-42(38)39/h3-5,8-11,14-21,35,43-49,63,71-73H,6-7,12-13,22-34H2,1-2H3,(H2,59,75)(H,64,77)(H,65,78)(H,66,79)(H,67,80)(H,68,76)(H4,60,61,62)/t43-,44-,45-,46+,47-,48-,49-/m0/s1. The van der Waals surface area contributed by atoms with E-state index in [-0.39, 0.29) is 81.4 Å². The van der Waals surface area contributed by atoms with Crippen LogP contribution in [0.1, 0.15) is 69.1 Å². The summed E-state index contributed by atoms with van der Waals surface area (Å²) < 4.78 is 5.51. The molecule has 4 aromatic carbocycles. The normalized spacial score (nSPS) is 16.6. The molecular formula is C58H78N12O12. The third kappa shape index (κ3) is 19.2. The number of nitrogens with two attached hydrogens (primary N) is 2. The van der Waals surface area contributed by atoms with Gasteiger partial charge in [0.05, 0.1) is 38.3 Å². The molecule has 82 heavy (non-hydrogen) atoms. The third-order valence-electron chi connectivity index (χ3n) is 14.3. The first-order valence-corrected chi connectivity index (χ1v) is 27.7. The Bertz CT molecular complexity index is 2840. The second kappa shape index (κ2) is 31.1. The number of aromatic hydroxyl groups is 2. The molecule has 0 saturated carbocycles. The van der Waals surface area contributed by atoms with Crippen LogP contribution >= 0.6 is 0 Å². The van der Waals surface area contributed by atoms with Crippen LogP contribution in [-0.2, 0) is 62.4 Å². The fourth-order valence-electron chi connectivity index (χ4n) is 10.0. The van der Waals surface area contributed by atoms with Crippen molar-refractivity contribution in [1.82, 2.24) is 47.0 Å². The van der Waals surface area contributed by atoms with Crippen LogP contribution in [0.5, 0.6) is 11.5 Å². The summed E-state index contributed by atoms with van der Waals surface area (Å²) in [7, 11) is 0. The molecule has 0 bridgehead atoms. The van der Waals surface area contributed by atoms with Gasteiger partial charge in [0.1, 0.15) is 41.7 Å². The molecule has 24 nitrogen and oxygen atoms in total. The van der Waals surface area contributed by atoms with E-state index in [1.807, 2.05) is 56.3 Å². The fourth-order valence-corrected chi connectivity index (χ4v) is 10.0. The number of guanidine groups is 1. The van der Waals surface area contributed by atoms with E-state index >= 15 is 0 Å². The molecule has 0 radical (unpaired) electrons. The van der Waals surface area contributed by atoms with E-state index in [2.05, 4.69) is 42.1 Å². The Hall–Kier alpha value is -8.19. The number of likely N-dealkylation sites (tertiary alicyclic amines) is 1. The van der Waals surface area contributed by atoms with E-state index in [0.717, 1.165) is 16.3 Å². The summed E-state index contributed by atoms with van der Waals surface area (Å²) in [5.41, 5.74) is 12.6. The summed E-state index contributed by atoms with van der Waals surface area (Å²) >= 11 is 0. The molecule has 2 heterocycles. The minimum atomic E-state index is -1.57. The maximum Gasteiger partial charge on any atom is 0.245 e. The molecular weight excluding hydrogens is 1060 g/mol. The number of carbonyl (C=O) groups is 8. The second-order valence-electron chi connectivity index (χ2n) is 21.1. The Kier molecular flexibility index (Phi) is 23.9. The van der Waals surface area contributed by atoms with Gasteiger partial charge in [0, 0.05) is 45.7 Å². The highest BCUT2D eigenvalue weighted by atomic mass is 16.5. The van der Waals surface area contributed by atoms with Gasteiger partial charge in [0.25, 0.3) is 0 Å². The lowest BCUT2D eigenvalue weighted by atomic mass is 9.98. The summed E-state index contributed by atoms with van der Waals surface area (Å²) in [6.45, 7) is 5.70. The molecule has 2 saturated heterocycles. The quantitative estimate of drug-likeness (QED) is 0.0138. The number of ketones is 1. The van der Waals surface area contributed by atoms with Gasteiger partial charge in [-0.15, -0.1) is 0 Å². The number of morpholine rings is 1. The molecule has 6 rings (SSSR count). The highest BCUT2D eigenvalue weighted by molar-refractivity contribution is 6.02. The van der Waals surface area contributed by atoms with Gasteiger partial charge in [0.2, 0.25) is 41.4 Å². The van der Waals surface area contributed by atoms with Crippen LogP contribution < -0.4 is 48.7 Å². The minimum Gasteiger partial charge on any atom is -0.508 e. The van der Waals surface area contributed by atoms with E-state index in [1.165, 1.54) is 53.4 Å². The van der Waals surface area contributed by atoms with Crippen molar-refractivity contribution in [1.29, 1.82) is 5.41 Å². The summed E-state index contributed by atoms with van der Waals surface area (Å²) in [5, 5.41) is 60.1. The van der Waals surface area contributed by atoms with Crippen molar-refractivity contribution in [3.8, 4) is 11.5 Å². The first-order valence-electron chi connectivity index (χ1n) is 27.7. The van der Waals surface area contributed by atoms with E-state index in [0.29, 0.717) is 50.5 Å². The van der Waals surface area contributed by atoms with E-state index < -0.39 is 102 Å². The van der Waals surface area contributed by atoms with Crippen molar-refractivity contribution >= 4 is 63.9 Å². The molecule has 15 N–H and O–H groups in total. The van der Waals surface area contributed by atoms with Gasteiger partial charge in [-0.25, -0.2) is 0 Å². The predicted molar refractivity (Wildman–Crippen MR) is 304 cm³/mol. The van der Waals surface area contributed by atoms with E-state index in [1.54, 1.807) is 0 Å². The van der Waals surface area contributed by atoms with E-state index in [9.17, 15) is 53.7 Å². The number of Topliss-reactive ketones (excluding diaryl/α,β-unsaturated/α-hetero) is 1. The number of aliphatic hydroxyl groups is 1. The molecule has 2 aliphatic heterocycles. The molecule has 7 amide bonds. The van der Waals surface area contributed by atoms with Crippen LogP contribution in [0.2, 0.25) is 0 Å². The van der Waals surface area contributed by atoms with Crippen molar-refractivity contribution in [2.75, 3.05) is 52.7 Å². The number of hydrogen-bond acceptors (Lipinski definition) is 15. The molecule has 4 aromatic rings. The number of primary amides is 1. The number of nitrogens with zero attached hydrogens (tertiary/aromatic N) is 2. The highest BCUT2D eigenvalue weighted by Gasteiger charge is 2.39. The Morgan fingerprint density at radius 2 is 1.20 bits per heavy atom. The largest absolute Gasteiger partial charge is 0.508 e. The zero-order chi connectivity index (χ0) is 59.3. The first-order chi connectivity index (χ1) is 39.3. The molecule has 0 aromatic heterocycles. The average Bonchev–Trinajstić information content (AvgIpc) is 4.01. The number of benzene rings is 4. The van der Waals surface area contributed by atoms with Gasteiger partial charge >= 0.3 is 0 Å². The Labute approximate surface area is 476 Å². The molecule has 24 heteroatoms. The van der Waals surface area contributed by atoms with Gasteiger partial charge in [-0.3, -0.25) is 54.0 Å². The SMILES string of the molecule is CC(C)C[C@H](NC(=O)[C@@H](Cc1ccc(O)cc1)NC(=O)[C@H](Cc1ccc(O)cc1)NC(=O)[C@H](CO)NC(=O)[C@H](Cc1cccc2ccccc12)NCN1CCOCC1)C(=O)N[C@@H](CCCNC(=N)N)C(=O)N1CCC[C@H]1C(=O)CC(N)=O. The second-order valence-corrected chi connectivity index (χ2v) is 21.1. The van der Waals surface area contributed by atoms with Gasteiger partial charge < -0.3 is 68.3 Å². The van der Waals surface area contributed by atoms with Crippen molar-refractivity contribution in [2.24, 2.45) is 17.4 Å². The zero-order valence-electron chi connectivity index (χ0n) is 46.4. The molecule has 0 aliphatic carbocycles. The number of hydrogen-bond donors (Lipinski definition) is 13. The molecule has 2 fully saturated rings. The topological polar surface area (TPSA) is 373 Å². The van der Waals surface area contributed by atoms with Crippen LogP contribution in [0.25, 0.3) is 10.8 Å². The number of nitrogens with one attached hydrogen (secondary N) is 8. The van der Waals surface area contributed by atoms with E-state index in [4.69, 9.17) is 21.6 Å². The molecule has 2 aliphatic rings. The van der Waals surface area contributed by atoms with Gasteiger partial charge in [-0.1, -0.05) is 80.6 Å². The van der Waals surface area contributed by atoms with Crippen LogP contribution in [0, 0.1) is 11.3 Å². The van der Waals surface area contributed by atoms with Crippen LogP contribution in [0.3, 0.4) is 0 Å². The number of amides is 7. The lowest BCUT2D eigenvalue weighted by Crippen LogP contribution is -2.61. The van der Waals surface area contributed by atoms with Gasteiger partial charge in [-0.05, 0) is 96.2 Å². The predicted octanol–water partition coefficient (Wildman–Crippen LogP) is -0.312. The third-order valence-corrected chi connectivity index (χ3v) is 14.3. The zero-order valence-corrected chi connectivity index (χ0v) is 46.4. The maximum absolute atomic E-state index is 14.8. The molecule has 7 atom stereocenters. The summed E-state index contributed by atoms with van der Waals surface area (Å²) in [4.78, 5) is 115. The van der Waals surface area contributed by atoms with Gasteiger partial charge in [-0.2, -0.15) is 0 Å². The Morgan fingerprint density at radius 3 is 1.78 bits per heavy atom. The summed E-state index contributed by atoms with van der Waals surface area (Å²) in [5.74, 6) is -6.69. The number of rotatable bonds is 30. The van der Waals surface area contributed by atoms with Crippen molar-refractivity contribution in [3.63, 3.8) is 0 Å². The smallest absolute Gasteiger partial charge is 0.245 e. The highest BCUT2D eigenvalue weighted by Crippen LogP contribution is 2.23. The number of phenolic OH excluding ortho intramolecular Hbond substituents is 2. The molecule has 442 valence electrons. The lowest BCUT2D eigenvalue weighted by Gasteiger charge is -2.31. The number of carbonyl (C=O) groups excluding carboxylic acids is 8. The molecule has 0 unspecified atom stereocenters. The number of fused-ring (bicyclic) bond motifs is 1. The Morgan fingerprint density at radius 1 is 0.659 bits per heavy atom. The summed E-state index contributed by atoms with van der Waals surface area (Å²) in [6, 6.07) is 16.3. The minimum absolute atomic E-state index is 0.0203. The molecule has 0 spiro atoms. The Balaban J connectivity index is 1.24. The fraction of sp³-hybridized carbons (Fsp3) is 0.466. The van der Waals surface area contributed by atoms with Crippen molar-refractivity contribution in [2.45, 2.75) is 114 Å². The lowest BCUT2D eigenvalue weighted by molar-refractivity contribution is -0.142. The summed E-state index contributed by atoms with van der Waals surface area (Å²) in [6.07, 6.45) is 0.274. The van der Waals surface area contributed by atoms with Crippen molar-refractivity contribution in [3.05, 3.63) is 108 Å². The van der Waals surface area contributed by atoms with Gasteiger partial charge in [0.15, 0.2) is 11.7 Å².